The molecule has 0 aromatic rings. The van der Waals surface area contributed by atoms with E-state index in [-0.39, 0.29) is 0 Å². The van der Waals surface area contributed by atoms with Crippen LogP contribution in [0.15, 0.2) is 0 Å². The van der Waals surface area contributed by atoms with Gasteiger partial charge in [-0.15, -0.1) is 0 Å². The number of ether oxygens (including phenoxy) is 2. The van der Waals surface area contributed by atoms with Gasteiger partial charge in [0.15, 0.2) is 0 Å². The molecule has 2 rings (SSSR count). The molecule has 3 unspecified atom stereocenters. The quantitative estimate of drug-likeness (QED) is 0.364. The Balaban J connectivity index is 1.41. The van der Waals surface area contributed by atoms with E-state index in [1.165, 1.54) is 31.4 Å². The zero-order valence-corrected chi connectivity index (χ0v) is 17.4. The van der Waals surface area contributed by atoms with Crippen LogP contribution in [0.4, 0.5) is 0 Å². The Kier molecular flexibility index (Phi) is 10.2. The standard InChI is InChI=1S/C17H32N2O2S3/c1-14-12-19(13-15(2)21-14)9-8-18-17(22)20-10-5-3-4-6-16-7-11-23-24-16/h14-16H,3-13H2,1-2H3,(H,18,22). The van der Waals surface area contributed by atoms with Crippen LogP contribution < -0.4 is 5.32 Å². The van der Waals surface area contributed by atoms with Crippen molar-refractivity contribution in [1.29, 1.82) is 0 Å². The van der Waals surface area contributed by atoms with Crippen molar-refractivity contribution in [3.05, 3.63) is 0 Å². The van der Waals surface area contributed by atoms with E-state index in [9.17, 15) is 0 Å². The Morgan fingerprint density at radius 2 is 2.04 bits per heavy atom. The monoisotopic (exact) mass is 392 g/mol. The second-order valence-corrected chi connectivity index (χ2v) is 9.92. The molecule has 2 fully saturated rings. The van der Waals surface area contributed by atoms with Gasteiger partial charge in [0.25, 0.3) is 5.17 Å². The fraction of sp³-hybridized carbons (Fsp3) is 0.941. The second kappa shape index (κ2) is 11.8. The molecule has 1 N–H and O–H groups in total. The van der Waals surface area contributed by atoms with E-state index in [1.807, 2.05) is 10.8 Å². The molecular formula is C17H32N2O2S3. The van der Waals surface area contributed by atoms with Crippen molar-refractivity contribution in [3.63, 3.8) is 0 Å². The molecule has 0 bridgehead atoms. The van der Waals surface area contributed by atoms with Gasteiger partial charge in [0.05, 0.1) is 18.8 Å². The molecule has 2 aliphatic rings. The van der Waals surface area contributed by atoms with Crippen LogP contribution in [0.2, 0.25) is 0 Å². The Morgan fingerprint density at radius 1 is 1.25 bits per heavy atom. The average molecular weight is 393 g/mol. The smallest absolute Gasteiger partial charge is 0.256 e. The molecule has 2 saturated heterocycles. The lowest BCUT2D eigenvalue weighted by atomic mass is 10.1. The number of nitrogens with zero attached hydrogens (tertiary/aromatic N) is 1. The molecule has 2 heterocycles. The van der Waals surface area contributed by atoms with Gasteiger partial charge in [-0.3, -0.25) is 4.90 Å². The third-order valence-electron chi connectivity index (χ3n) is 4.32. The molecule has 0 saturated carbocycles. The highest BCUT2D eigenvalue weighted by Gasteiger charge is 2.21. The van der Waals surface area contributed by atoms with E-state index in [1.54, 1.807) is 0 Å². The second-order valence-electron chi connectivity index (χ2n) is 6.76. The normalized spacial score (nSPS) is 28.0. The number of unbranched alkanes of at least 4 members (excludes halogenated alkanes) is 2. The minimum atomic E-state index is 0.318. The molecule has 4 nitrogen and oxygen atoms in total. The number of thiocarbonyl (C=S) groups is 1. The maximum Gasteiger partial charge on any atom is 0.256 e. The van der Waals surface area contributed by atoms with Gasteiger partial charge >= 0.3 is 0 Å². The predicted molar refractivity (Wildman–Crippen MR) is 110 cm³/mol. The van der Waals surface area contributed by atoms with Crippen molar-refractivity contribution in [2.75, 3.05) is 38.5 Å². The maximum absolute atomic E-state index is 5.75. The van der Waals surface area contributed by atoms with E-state index >= 15 is 0 Å². The number of rotatable bonds is 9. The Hall–Kier alpha value is 0.310. The van der Waals surface area contributed by atoms with Gasteiger partial charge < -0.3 is 14.8 Å². The molecule has 0 spiro atoms. The number of hydrogen-bond acceptors (Lipinski definition) is 6. The Bertz CT molecular complexity index is 358. The van der Waals surface area contributed by atoms with Crippen LogP contribution in [0.25, 0.3) is 0 Å². The molecule has 0 aromatic carbocycles. The molecule has 0 aliphatic carbocycles. The van der Waals surface area contributed by atoms with Gasteiger partial charge in [-0.2, -0.15) is 0 Å². The average Bonchev–Trinajstić information content (AvgIpc) is 3.03. The van der Waals surface area contributed by atoms with Crippen LogP contribution in [0, 0.1) is 0 Å². The van der Waals surface area contributed by atoms with Gasteiger partial charge in [0, 0.05) is 37.2 Å². The Morgan fingerprint density at radius 3 is 2.75 bits per heavy atom. The first-order valence-corrected chi connectivity index (χ1v) is 12.0. The molecule has 3 atom stereocenters. The Labute approximate surface area is 160 Å². The lowest BCUT2D eigenvalue weighted by Gasteiger charge is -2.35. The summed E-state index contributed by atoms with van der Waals surface area (Å²) in [6, 6.07) is 0. The van der Waals surface area contributed by atoms with Crippen LogP contribution in [0.1, 0.15) is 46.0 Å². The van der Waals surface area contributed by atoms with E-state index in [0.717, 1.165) is 44.5 Å². The van der Waals surface area contributed by atoms with E-state index in [2.05, 4.69) is 34.9 Å². The molecule has 2 aliphatic heterocycles. The molecule has 7 heteroatoms. The summed E-state index contributed by atoms with van der Waals surface area (Å²) in [5.74, 6) is 1.33. The minimum absolute atomic E-state index is 0.318. The molecule has 0 amide bonds. The van der Waals surface area contributed by atoms with Gasteiger partial charge in [0.1, 0.15) is 0 Å². The number of hydrogen-bond donors (Lipinski definition) is 1. The van der Waals surface area contributed by atoms with Crippen molar-refractivity contribution >= 4 is 39.0 Å². The largest absolute Gasteiger partial charge is 0.471 e. The molecule has 24 heavy (non-hydrogen) atoms. The maximum atomic E-state index is 5.75. The highest BCUT2D eigenvalue weighted by atomic mass is 33.1. The van der Waals surface area contributed by atoms with E-state index < -0.39 is 0 Å². The van der Waals surface area contributed by atoms with Gasteiger partial charge in [-0.1, -0.05) is 34.4 Å². The summed E-state index contributed by atoms with van der Waals surface area (Å²) in [7, 11) is 4.10. The van der Waals surface area contributed by atoms with Gasteiger partial charge in [0.2, 0.25) is 0 Å². The summed E-state index contributed by atoms with van der Waals surface area (Å²) in [5, 5.41) is 4.66. The van der Waals surface area contributed by atoms with E-state index in [0.29, 0.717) is 17.4 Å². The topological polar surface area (TPSA) is 33.7 Å². The zero-order chi connectivity index (χ0) is 17.2. The minimum Gasteiger partial charge on any atom is -0.471 e. The van der Waals surface area contributed by atoms with Crippen molar-refractivity contribution in [2.24, 2.45) is 0 Å². The lowest BCUT2D eigenvalue weighted by Crippen LogP contribution is -2.47. The van der Waals surface area contributed by atoms with E-state index in [4.69, 9.17) is 21.7 Å². The highest BCUT2D eigenvalue weighted by molar-refractivity contribution is 8.77. The molecular weight excluding hydrogens is 360 g/mol. The summed E-state index contributed by atoms with van der Waals surface area (Å²) in [6.07, 6.45) is 7.04. The summed E-state index contributed by atoms with van der Waals surface area (Å²) in [4.78, 5) is 2.42. The van der Waals surface area contributed by atoms with Crippen molar-refractivity contribution in [2.45, 2.75) is 63.4 Å². The van der Waals surface area contributed by atoms with Crippen molar-refractivity contribution in [1.82, 2.24) is 10.2 Å². The predicted octanol–water partition coefficient (Wildman–Crippen LogP) is 3.70. The molecule has 0 radical (unpaired) electrons. The summed E-state index contributed by atoms with van der Waals surface area (Å²) < 4.78 is 11.4. The van der Waals surface area contributed by atoms with Gasteiger partial charge in [-0.25, -0.2) is 0 Å². The van der Waals surface area contributed by atoms with Crippen LogP contribution in [-0.2, 0) is 9.47 Å². The van der Waals surface area contributed by atoms with Crippen molar-refractivity contribution < 1.29 is 9.47 Å². The first-order valence-electron chi connectivity index (χ1n) is 9.20. The van der Waals surface area contributed by atoms with Crippen LogP contribution in [0.3, 0.4) is 0 Å². The number of morpholine rings is 1. The third kappa shape index (κ3) is 8.61. The fourth-order valence-electron chi connectivity index (χ4n) is 3.21. The third-order valence-corrected chi connectivity index (χ3v) is 7.59. The zero-order valence-electron chi connectivity index (χ0n) is 15.0. The van der Waals surface area contributed by atoms with Crippen LogP contribution in [-0.4, -0.2) is 66.1 Å². The van der Waals surface area contributed by atoms with Crippen LogP contribution >= 0.6 is 33.8 Å². The fourth-order valence-corrected chi connectivity index (χ4v) is 6.43. The highest BCUT2D eigenvalue weighted by Crippen LogP contribution is 2.39. The summed E-state index contributed by atoms with van der Waals surface area (Å²) in [6.45, 7) is 8.83. The lowest BCUT2D eigenvalue weighted by molar-refractivity contribution is -0.0672. The first-order chi connectivity index (χ1) is 11.6. The number of nitrogens with one attached hydrogen (secondary N) is 1. The SMILES string of the molecule is CC1CN(CCNC(=S)OCCCCCC2CCSS2)CC(C)O1. The summed E-state index contributed by atoms with van der Waals surface area (Å²) >= 11 is 5.25. The molecule has 0 aromatic heterocycles. The van der Waals surface area contributed by atoms with Gasteiger partial charge in [-0.05, 0) is 45.3 Å². The summed E-state index contributed by atoms with van der Waals surface area (Å²) in [5.41, 5.74) is 0. The first kappa shape index (κ1) is 20.6. The van der Waals surface area contributed by atoms with Crippen LogP contribution in [0.5, 0.6) is 0 Å². The molecule has 140 valence electrons. The van der Waals surface area contributed by atoms with Crippen molar-refractivity contribution in [3.8, 4) is 0 Å².